The molecule has 0 amide bonds. The molecule has 0 spiro atoms. The van der Waals surface area contributed by atoms with E-state index in [1.807, 2.05) is 43.3 Å². The topological polar surface area (TPSA) is 39.7 Å². The molecule has 1 N–H and O–H groups in total. The number of hydrogen-bond donors (Lipinski definition) is 1. The first-order valence-electron chi connectivity index (χ1n) is 10.7. The molecule has 2 rings (SSSR count). The Kier molecular flexibility index (Phi) is 11.2. The Bertz CT molecular complexity index is 678. The van der Waals surface area contributed by atoms with E-state index in [9.17, 15) is 4.39 Å². The highest BCUT2D eigenvalue weighted by atomic mass is 19.1. The molecule has 0 aromatic heterocycles. The molecule has 160 valence electrons. The highest BCUT2D eigenvalue weighted by Gasteiger charge is 2.12. The van der Waals surface area contributed by atoms with Crippen LogP contribution in [0.2, 0.25) is 0 Å². The van der Waals surface area contributed by atoms with Gasteiger partial charge in [-0.15, -0.1) is 0 Å². The van der Waals surface area contributed by atoms with Gasteiger partial charge in [0.2, 0.25) is 0 Å². The molecule has 0 saturated carbocycles. The molecular weight excluding hydrogens is 369 g/mol. The first-order valence-corrected chi connectivity index (χ1v) is 10.7. The minimum Gasteiger partial charge on any atom is -0.490 e. The first-order chi connectivity index (χ1) is 14.2. The van der Waals surface area contributed by atoms with Gasteiger partial charge in [0.1, 0.15) is 12.4 Å². The predicted molar refractivity (Wildman–Crippen MR) is 115 cm³/mol. The van der Waals surface area contributed by atoms with E-state index in [0.29, 0.717) is 13.2 Å². The first kappa shape index (κ1) is 23.2. The normalized spacial score (nSPS) is 12.0. The Morgan fingerprint density at radius 3 is 2.28 bits per heavy atom. The van der Waals surface area contributed by atoms with E-state index in [1.54, 1.807) is 0 Å². The van der Waals surface area contributed by atoms with E-state index in [-0.39, 0.29) is 11.9 Å². The number of halogens is 1. The van der Waals surface area contributed by atoms with E-state index in [0.717, 1.165) is 62.4 Å². The highest BCUT2D eigenvalue weighted by molar-refractivity contribution is 5.39. The van der Waals surface area contributed by atoms with E-state index in [1.165, 1.54) is 12.1 Å². The average Bonchev–Trinajstić information content (AvgIpc) is 2.74. The van der Waals surface area contributed by atoms with Crippen LogP contribution in [-0.4, -0.2) is 32.9 Å². The molecule has 1 unspecified atom stereocenters. The summed E-state index contributed by atoms with van der Waals surface area (Å²) in [5.41, 5.74) is 1.04. The summed E-state index contributed by atoms with van der Waals surface area (Å²) in [7, 11) is 0. The summed E-state index contributed by atoms with van der Waals surface area (Å²) >= 11 is 0. The molecular formula is C24H34FNO3. The second-order valence-corrected chi connectivity index (χ2v) is 6.88. The summed E-state index contributed by atoms with van der Waals surface area (Å²) in [5, 5.41) is 3.41. The van der Waals surface area contributed by atoms with Crippen molar-refractivity contribution in [1.29, 1.82) is 0 Å². The molecule has 0 saturated heterocycles. The summed E-state index contributed by atoms with van der Waals surface area (Å²) in [6.45, 7) is 7.69. The zero-order valence-corrected chi connectivity index (χ0v) is 17.7. The smallest absolute Gasteiger partial charge is 0.161 e. The number of rotatable bonds is 15. The van der Waals surface area contributed by atoms with Crippen LogP contribution in [0.5, 0.6) is 11.5 Å². The number of nitrogens with one attached hydrogen (secondary N) is 1. The minimum absolute atomic E-state index is 0.0123. The van der Waals surface area contributed by atoms with Gasteiger partial charge in [0.25, 0.3) is 0 Å². The number of hydrogen-bond acceptors (Lipinski definition) is 4. The largest absolute Gasteiger partial charge is 0.490 e. The summed E-state index contributed by atoms with van der Waals surface area (Å²) in [6, 6.07) is 14.4. The van der Waals surface area contributed by atoms with Crippen molar-refractivity contribution in [3.05, 3.63) is 59.9 Å². The Morgan fingerprint density at radius 2 is 1.59 bits per heavy atom. The van der Waals surface area contributed by atoms with Gasteiger partial charge < -0.3 is 19.5 Å². The zero-order chi connectivity index (χ0) is 20.7. The van der Waals surface area contributed by atoms with Gasteiger partial charge in [0, 0.05) is 13.2 Å². The van der Waals surface area contributed by atoms with Gasteiger partial charge in [0.15, 0.2) is 11.5 Å². The van der Waals surface area contributed by atoms with Crippen LogP contribution in [0, 0.1) is 5.82 Å². The van der Waals surface area contributed by atoms with Gasteiger partial charge in [-0.25, -0.2) is 4.39 Å². The van der Waals surface area contributed by atoms with Crippen LogP contribution in [0.15, 0.2) is 48.5 Å². The van der Waals surface area contributed by atoms with Crippen molar-refractivity contribution in [3.8, 4) is 11.5 Å². The standard InChI is InChI=1S/C24H34FNO3/c1-3-5-18-28-22(20-12-14-21(25)15-13-20)11-8-16-26-17-19-29-24-10-7-6-9-23(24)27-4-2/h6-7,9-10,12-15,22,26H,3-5,8,11,16-19H2,1-2H3. The van der Waals surface area contributed by atoms with Crippen LogP contribution >= 0.6 is 0 Å². The van der Waals surface area contributed by atoms with E-state index < -0.39 is 0 Å². The molecule has 2 aromatic rings. The second-order valence-electron chi connectivity index (χ2n) is 6.88. The Morgan fingerprint density at radius 1 is 0.862 bits per heavy atom. The molecule has 0 aliphatic carbocycles. The maximum atomic E-state index is 13.2. The number of unbranched alkanes of at least 4 members (excludes halogenated alkanes) is 1. The fourth-order valence-electron chi connectivity index (χ4n) is 3.01. The zero-order valence-electron chi connectivity index (χ0n) is 17.7. The van der Waals surface area contributed by atoms with E-state index in [4.69, 9.17) is 14.2 Å². The van der Waals surface area contributed by atoms with Crippen LogP contribution < -0.4 is 14.8 Å². The number of para-hydroxylation sites is 2. The molecule has 0 fully saturated rings. The third-order valence-electron chi connectivity index (χ3n) is 4.56. The third kappa shape index (κ3) is 8.84. The SMILES string of the molecule is CCCCOC(CCCNCCOc1ccccc1OCC)c1ccc(F)cc1. The Hall–Kier alpha value is -2.11. The maximum Gasteiger partial charge on any atom is 0.161 e. The third-order valence-corrected chi connectivity index (χ3v) is 4.56. The average molecular weight is 404 g/mol. The lowest BCUT2D eigenvalue weighted by Gasteiger charge is -2.19. The van der Waals surface area contributed by atoms with Gasteiger partial charge in [-0.05, 0) is 62.6 Å². The lowest BCUT2D eigenvalue weighted by Crippen LogP contribution is -2.22. The molecule has 29 heavy (non-hydrogen) atoms. The van der Waals surface area contributed by atoms with Crippen LogP contribution in [0.25, 0.3) is 0 Å². The lowest BCUT2D eigenvalue weighted by molar-refractivity contribution is 0.0433. The van der Waals surface area contributed by atoms with Crippen molar-refractivity contribution in [2.45, 2.75) is 45.6 Å². The second kappa shape index (κ2) is 14.0. The molecule has 5 heteroatoms. The van der Waals surface area contributed by atoms with Gasteiger partial charge in [-0.3, -0.25) is 0 Å². The lowest BCUT2D eigenvalue weighted by atomic mass is 10.0. The van der Waals surface area contributed by atoms with Crippen LogP contribution in [0.3, 0.4) is 0 Å². The maximum absolute atomic E-state index is 13.2. The fraction of sp³-hybridized carbons (Fsp3) is 0.500. The van der Waals surface area contributed by atoms with Crippen molar-refractivity contribution in [3.63, 3.8) is 0 Å². The summed E-state index contributed by atoms with van der Waals surface area (Å²) in [5.74, 6) is 1.34. The number of benzene rings is 2. The predicted octanol–water partition coefficient (Wildman–Crippen LogP) is 5.53. The van der Waals surface area contributed by atoms with Crippen molar-refractivity contribution in [1.82, 2.24) is 5.32 Å². The molecule has 1 atom stereocenters. The van der Waals surface area contributed by atoms with Gasteiger partial charge >= 0.3 is 0 Å². The number of ether oxygens (including phenoxy) is 3. The Labute approximate surface area is 174 Å². The monoisotopic (exact) mass is 403 g/mol. The van der Waals surface area contributed by atoms with Gasteiger partial charge in [0.05, 0.1) is 12.7 Å². The fourth-order valence-corrected chi connectivity index (χ4v) is 3.01. The van der Waals surface area contributed by atoms with Crippen LogP contribution in [0.1, 0.15) is 51.2 Å². The molecule has 0 aliphatic heterocycles. The quantitative estimate of drug-likeness (QED) is 0.397. The van der Waals surface area contributed by atoms with E-state index >= 15 is 0 Å². The molecule has 0 bridgehead atoms. The van der Waals surface area contributed by atoms with Crippen molar-refractivity contribution >= 4 is 0 Å². The van der Waals surface area contributed by atoms with Crippen LogP contribution in [-0.2, 0) is 4.74 Å². The summed E-state index contributed by atoms with van der Waals surface area (Å²) in [6.07, 6.45) is 4.03. The van der Waals surface area contributed by atoms with Gasteiger partial charge in [-0.1, -0.05) is 37.6 Å². The Balaban J connectivity index is 1.68. The minimum atomic E-state index is -0.214. The molecule has 0 heterocycles. The molecule has 2 aromatic carbocycles. The summed E-state index contributed by atoms with van der Waals surface area (Å²) in [4.78, 5) is 0. The van der Waals surface area contributed by atoms with Crippen LogP contribution in [0.4, 0.5) is 4.39 Å². The van der Waals surface area contributed by atoms with Crippen molar-refractivity contribution < 1.29 is 18.6 Å². The van der Waals surface area contributed by atoms with E-state index in [2.05, 4.69) is 12.2 Å². The van der Waals surface area contributed by atoms with Gasteiger partial charge in [-0.2, -0.15) is 0 Å². The molecule has 0 aliphatic rings. The molecule has 0 radical (unpaired) electrons. The highest BCUT2D eigenvalue weighted by Crippen LogP contribution is 2.26. The van der Waals surface area contributed by atoms with Crippen molar-refractivity contribution in [2.75, 3.05) is 32.9 Å². The van der Waals surface area contributed by atoms with Crippen molar-refractivity contribution in [2.24, 2.45) is 0 Å². The summed E-state index contributed by atoms with van der Waals surface area (Å²) < 4.78 is 30.6. The molecule has 4 nitrogen and oxygen atoms in total.